The van der Waals surface area contributed by atoms with Crippen LogP contribution < -0.4 is 14.5 Å². The zero-order valence-corrected chi connectivity index (χ0v) is 25.2. The van der Waals surface area contributed by atoms with Crippen LogP contribution in [0.3, 0.4) is 0 Å². The number of carbonyl (C=O) groups excluding carboxylic acids is 1. The number of likely N-dealkylation sites (N-methyl/N-ethyl adjacent to an activating group) is 1. The molecule has 1 amide bonds. The van der Waals surface area contributed by atoms with E-state index in [9.17, 15) is 18.8 Å². The monoisotopic (exact) mass is 601 g/mol. The Kier molecular flexibility index (Phi) is 8.36. The van der Waals surface area contributed by atoms with Gasteiger partial charge < -0.3 is 19.4 Å². The van der Waals surface area contributed by atoms with Crippen molar-refractivity contribution in [3.63, 3.8) is 0 Å². The summed E-state index contributed by atoms with van der Waals surface area (Å²) in [7, 11) is 1.89. The van der Waals surface area contributed by atoms with Gasteiger partial charge in [-0.05, 0) is 43.8 Å². The first-order chi connectivity index (χ1) is 21.2. The Labute approximate surface area is 256 Å². The van der Waals surface area contributed by atoms with E-state index in [1.165, 1.54) is 21.2 Å². The summed E-state index contributed by atoms with van der Waals surface area (Å²) in [5, 5.41) is 11.9. The molecule has 0 bridgehead atoms. The highest BCUT2D eigenvalue weighted by atomic mass is 19.1. The number of piperazine rings is 1. The number of alkyl halides is 1. The van der Waals surface area contributed by atoms with Crippen LogP contribution in [0.15, 0.2) is 48.8 Å². The average Bonchev–Trinajstić information content (AvgIpc) is 3.35. The number of hydrogen-bond acceptors (Lipinski definition) is 8. The zero-order chi connectivity index (χ0) is 31.0. The molecule has 6 rings (SSSR count). The number of benzene rings is 2. The Hall–Kier alpha value is -4.30. The van der Waals surface area contributed by atoms with Gasteiger partial charge in [-0.3, -0.25) is 9.69 Å². The molecule has 3 aliphatic heterocycles. The van der Waals surface area contributed by atoms with Gasteiger partial charge in [0, 0.05) is 55.4 Å². The average molecular weight is 602 g/mol. The number of amides is 1. The van der Waals surface area contributed by atoms with Gasteiger partial charge in [-0.25, -0.2) is 8.78 Å². The molecule has 0 saturated carbocycles. The maximum Gasteiger partial charge on any atom is 0.318 e. The van der Waals surface area contributed by atoms with Gasteiger partial charge in [-0.15, -0.1) is 0 Å². The lowest BCUT2D eigenvalue weighted by molar-refractivity contribution is -0.131. The van der Waals surface area contributed by atoms with Crippen LogP contribution in [0.1, 0.15) is 29.7 Å². The van der Waals surface area contributed by atoms with Crippen molar-refractivity contribution in [1.29, 1.82) is 5.26 Å². The van der Waals surface area contributed by atoms with E-state index in [-0.39, 0.29) is 31.6 Å². The van der Waals surface area contributed by atoms with Gasteiger partial charge in [-0.1, -0.05) is 36.9 Å². The van der Waals surface area contributed by atoms with Crippen molar-refractivity contribution in [2.45, 2.75) is 51.0 Å². The Balaban J connectivity index is 1.34. The van der Waals surface area contributed by atoms with Crippen LogP contribution in [-0.2, 0) is 17.8 Å². The number of anilines is 2. The highest BCUT2D eigenvalue weighted by molar-refractivity contribution is 5.97. The van der Waals surface area contributed by atoms with Crippen LogP contribution in [0.5, 0.6) is 6.01 Å². The molecule has 3 atom stereocenters. The van der Waals surface area contributed by atoms with Gasteiger partial charge in [0.1, 0.15) is 18.6 Å². The molecule has 0 radical (unpaired) electrons. The van der Waals surface area contributed by atoms with Crippen molar-refractivity contribution < 1.29 is 18.3 Å². The Bertz CT molecular complexity index is 1620. The molecular formula is C33H37F2N7O2. The Morgan fingerprint density at radius 3 is 2.64 bits per heavy atom. The predicted octanol–water partition coefficient (Wildman–Crippen LogP) is 4.34. The first-order valence-corrected chi connectivity index (χ1v) is 15.1. The van der Waals surface area contributed by atoms with E-state index < -0.39 is 23.9 Å². The lowest BCUT2D eigenvalue weighted by Gasteiger charge is -2.42. The molecule has 3 aliphatic rings. The smallest absolute Gasteiger partial charge is 0.318 e. The van der Waals surface area contributed by atoms with E-state index in [0.717, 1.165) is 23.5 Å². The van der Waals surface area contributed by atoms with Gasteiger partial charge >= 0.3 is 6.01 Å². The largest absolute Gasteiger partial charge is 0.462 e. The maximum absolute atomic E-state index is 14.0. The lowest BCUT2D eigenvalue weighted by atomic mass is 9.99. The van der Waals surface area contributed by atoms with Gasteiger partial charge in [-0.2, -0.15) is 15.2 Å². The standard InChI is InChI=1S/C33H37F2N7O2/c1-21-6-4-7-23-8-5-9-29(30(21)23)40-13-11-27-28(19-40)37-33(44-20-26-16-24(35)17-39(26)3)38-31(27)41-14-15-42(32(43)22(2)34)25(18-41)10-12-36/h4-9,24-26H,2,10-11,13-20H2,1,3H3/t24-,25+,26-/m1/s1. The molecule has 44 heavy (non-hydrogen) atoms. The number of likely N-dealkylation sites (tertiary alicyclic amines) is 1. The third-order valence-corrected chi connectivity index (χ3v) is 9.10. The molecule has 2 aromatic carbocycles. The minimum absolute atomic E-state index is 0.0543. The summed E-state index contributed by atoms with van der Waals surface area (Å²) in [6, 6.07) is 14.4. The molecule has 9 nitrogen and oxygen atoms in total. The van der Waals surface area contributed by atoms with Crippen LogP contribution >= 0.6 is 0 Å². The molecule has 0 N–H and O–H groups in total. The van der Waals surface area contributed by atoms with E-state index >= 15 is 0 Å². The second-order valence-electron chi connectivity index (χ2n) is 12.0. The van der Waals surface area contributed by atoms with Crippen LogP contribution in [0, 0.1) is 18.3 Å². The zero-order valence-electron chi connectivity index (χ0n) is 25.2. The van der Waals surface area contributed by atoms with Crippen molar-refractivity contribution in [3.05, 3.63) is 65.6 Å². The third kappa shape index (κ3) is 5.78. The van der Waals surface area contributed by atoms with Crippen LogP contribution in [0.4, 0.5) is 20.3 Å². The number of aryl methyl sites for hydroxylation is 1. The Morgan fingerprint density at radius 2 is 1.91 bits per heavy atom. The number of fused-ring (bicyclic) bond motifs is 2. The number of aromatic nitrogens is 2. The van der Waals surface area contributed by atoms with E-state index in [4.69, 9.17) is 14.7 Å². The molecule has 0 unspecified atom stereocenters. The molecule has 0 spiro atoms. The summed E-state index contributed by atoms with van der Waals surface area (Å²) in [4.78, 5) is 30.0. The second kappa shape index (κ2) is 12.4. The molecule has 2 fully saturated rings. The summed E-state index contributed by atoms with van der Waals surface area (Å²) in [5.74, 6) is -1.12. The van der Waals surface area contributed by atoms with Crippen LogP contribution in [-0.4, -0.2) is 90.3 Å². The molecule has 230 valence electrons. The van der Waals surface area contributed by atoms with Gasteiger partial charge in [0.15, 0.2) is 5.83 Å². The minimum Gasteiger partial charge on any atom is -0.462 e. The highest BCUT2D eigenvalue weighted by Gasteiger charge is 2.35. The first kappa shape index (κ1) is 29.8. The maximum atomic E-state index is 14.0. The fourth-order valence-electron chi connectivity index (χ4n) is 6.82. The normalized spacial score (nSPS) is 22.2. The second-order valence-corrected chi connectivity index (χ2v) is 12.0. The molecule has 1 aromatic heterocycles. The van der Waals surface area contributed by atoms with E-state index in [1.54, 1.807) is 0 Å². The molecular weight excluding hydrogens is 564 g/mol. The van der Waals surface area contributed by atoms with Crippen molar-refractivity contribution in [1.82, 2.24) is 19.8 Å². The summed E-state index contributed by atoms with van der Waals surface area (Å²) >= 11 is 0. The summed E-state index contributed by atoms with van der Waals surface area (Å²) in [5.41, 5.74) is 4.19. The number of nitrogens with zero attached hydrogens (tertiary/aromatic N) is 7. The molecule has 2 saturated heterocycles. The number of ether oxygens (including phenoxy) is 1. The number of halogens is 2. The number of rotatable bonds is 7. The van der Waals surface area contributed by atoms with Gasteiger partial charge in [0.05, 0.1) is 30.8 Å². The molecule has 4 heterocycles. The molecule has 0 aliphatic carbocycles. The summed E-state index contributed by atoms with van der Waals surface area (Å²) in [6.07, 6.45) is 0.251. The first-order valence-electron chi connectivity index (χ1n) is 15.1. The SMILES string of the molecule is C=C(F)C(=O)N1CCN(c2nc(OC[C@H]3C[C@@H](F)CN3C)nc3c2CCN(c2cccc4cccc(C)c24)C3)C[C@@H]1CC#N. The quantitative estimate of drug-likeness (QED) is 0.370. The number of nitriles is 1. The van der Waals surface area contributed by atoms with E-state index in [2.05, 4.69) is 65.8 Å². The Morgan fingerprint density at radius 1 is 1.11 bits per heavy atom. The topological polar surface area (TPSA) is 88.8 Å². The minimum atomic E-state index is -1.03. The number of carbonyl (C=O) groups is 1. The highest BCUT2D eigenvalue weighted by Crippen LogP contribution is 2.36. The summed E-state index contributed by atoms with van der Waals surface area (Å²) in [6.45, 7) is 8.18. The van der Waals surface area contributed by atoms with E-state index in [1.807, 2.05) is 11.9 Å². The summed E-state index contributed by atoms with van der Waals surface area (Å²) < 4.78 is 34.0. The fraction of sp³-hybridized carbons (Fsp3) is 0.455. The van der Waals surface area contributed by atoms with Crippen molar-refractivity contribution in [3.8, 4) is 12.1 Å². The van der Waals surface area contributed by atoms with Gasteiger partial charge in [0.2, 0.25) is 0 Å². The lowest BCUT2D eigenvalue weighted by Crippen LogP contribution is -2.55. The van der Waals surface area contributed by atoms with Crippen molar-refractivity contribution in [2.75, 3.05) is 56.2 Å². The van der Waals surface area contributed by atoms with Gasteiger partial charge in [0.25, 0.3) is 5.91 Å². The van der Waals surface area contributed by atoms with Crippen LogP contribution in [0.25, 0.3) is 10.8 Å². The number of hydrogen-bond donors (Lipinski definition) is 0. The van der Waals surface area contributed by atoms with Crippen molar-refractivity contribution in [2.24, 2.45) is 0 Å². The predicted molar refractivity (Wildman–Crippen MR) is 165 cm³/mol. The van der Waals surface area contributed by atoms with Crippen molar-refractivity contribution >= 4 is 28.2 Å². The third-order valence-electron chi connectivity index (χ3n) is 9.10. The molecule has 11 heteroatoms. The molecule has 3 aromatic rings. The fourth-order valence-corrected chi connectivity index (χ4v) is 6.82. The van der Waals surface area contributed by atoms with E-state index in [0.29, 0.717) is 44.8 Å². The van der Waals surface area contributed by atoms with Crippen LogP contribution in [0.2, 0.25) is 0 Å².